The molecule has 0 radical (unpaired) electrons. The molecule has 168 valence electrons. The summed E-state index contributed by atoms with van der Waals surface area (Å²) in [6, 6.07) is 19.5. The van der Waals surface area contributed by atoms with Gasteiger partial charge in [0.2, 0.25) is 0 Å². The van der Waals surface area contributed by atoms with Gasteiger partial charge in [0, 0.05) is 17.4 Å². The van der Waals surface area contributed by atoms with Gasteiger partial charge >= 0.3 is 0 Å². The minimum absolute atomic E-state index is 0.00118. The molecule has 0 aliphatic carbocycles. The van der Waals surface area contributed by atoms with Crippen LogP contribution in [0.3, 0.4) is 0 Å². The summed E-state index contributed by atoms with van der Waals surface area (Å²) in [7, 11) is -3.33. The quantitative estimate of drug-likeness (QED) is 0.435. The van der Waals surface area contributed by atoms with Crippen molar-refractivity contribution in [2.45, 2.75) is 18.7 Å². The van der Waals surface area contributed by atoms with E-state index < -0.39 is 15.7 Å². The van der Waals surface area contributed by atoms with E-state index >= 15 is 0 Å². The van der Waals surface area contributed by atoms with E-state index in [1.54, 1.807) is 37.4 Å². The number of sulfone groups is 1. The Balaban J connectivity index is 1.69. The molecule has 1 N–H and O–H groups in total. The Kier molecular flexibility index (Phi) is 6.11. The van der Waals surface area contributed by atoms with Crippen LogP contribution in [-0.2, 0) is 9.84 Å². The predicted molar refractivity (Wildman–Crippen MR) is 126 cm³/mol. The van der Waals surface area contributed by atoms with Gasteiger partial charge in [0.05, 0.1) is 21.9 Å². The van der Waals surface area contributed by atoms with E-state index in [4.69, 9.17) is 0 Å². The molecule has 0 saturated heterocycles. The smallest absolute Gasteiger partial charge is 0.259 e. The van der Waals surface area contributed by atoms with Crippen LogP contribution in [0, 0.1) is 12.7 Å². The van der Waals surface area contributed by atoms with Crippen molar-refractivity contribution in [3.8, 4) is 16.9 Å². The zero-order valence-corrected chi connectivity index (χ0v) is 18.9. The molecular weight excluding hydrogens is 441 g/mol. The number of rotatable bonds is 6. The Morgan fingerprint density at radius 1 is 0.970 bits per heavy atom. The van der Waals surface area contributed by atoms with Crippen LogP contribution in [-0.4, -0.2) is 29.9 Å². The number of hydrogen-bond acceptors (Lipinski definition) is 4. The molecule has 33 heavy (non-hydrogen) atoms. The van der Waals surface area contributed by atoms with E-state index in [-0.39, 0.29) is 16.5 Å². The number of carbonyl (C=O) groups is 1. The molecule has 8 heteroatoms. The van der Waals surface area contributed by atoms with Gasteiger partial charge in [-0.05, 0) is 55.5 Å². The zero-order chi connectivity index (χ0) is 23.6. The van der Waals surface area contributed by atoms with Crippen molar-refractivity contribution >= 4 is 21.4 Å². The topological polar surface area (TPSA) is 81.1 Å². The number of aromatic nitrogens is 2. The molecule has 0 saturated carbocycles. The number of aryl methyl sites for hydroxylation is 1. The highest BCUT2D eigenvalue weighted by atomic mass is 32.2. The Morgan fingerprint density at radius 2 is 1.61 bits per heavy atom. The first-order valence-electron chi connectivity index (χ1n) is 10.3. The molecule has 0 atom stereocenters. The van der Waals surface area contributed by atoms with Gasteiger partial charge in [-0.1, -0.05) is 36.8 Å². The molecule has 3 aromatic carbocycles. The van der Waals surface area contributed by atoms with Crippen LogP contribution in [0.1, 0.15) is 22.8 Å². The summed E-state index contributed by atoms with van der Waals surface area (Å²) in [5.41, 5.74) is 3.70. The van der Waals surface area contributed by atoms with Gasteiger partial charge in [-0.15, -0.1) is 0 Å². The van der Waals surface area contributed by atoms with Gasteiger partial charge in [-0.2, -0.15) is 5.10 Å². The van der Waals surface area contributed by atoms with E-state index in [1.807, 2.05) is 31.2 Å². The Hall–Kier alpha value is -3.78. The van der Waals surface area contributed by atoms with Crippen LogP contribution >= 0.6 is 0 Å². The molecule has 6 nitrogen and oxygen atoms in total. The van der Waals surface area contributed by atoms with E-state index in [9.17, 15) is 17.6 Å². The number of halogens is 1. The molecule has 4 rings (SSSR count). The number of nitrogens with zero attached hydrogens (tertiary/aromatic N) is 2. The number of carbonyl (C=O) groups excluding carboxylic acids is 1. The average Bonchev–Trinajstić information content (AvgIpc) is 3.26. The third kappa shape index (κ3) is 4.85. The third-order valence-electron chi connectivity index (χ3n) is 5.23. The standard InChI is InChI=1S/C25H22FN3O3S/c1-3-33(31,32)22-14-10-20(11-15-22)27-25(30)23-16-29(21-12-8-19(26)9-13-21)28-24(23)18-6-4-17(2)5-7-18/h4-16H,3H2,1-2H3,(H,27,30). The monoisotopic (exact) mass is 463 g/mol. The van der Waals surface area contributed by atoms with Crippen LogP contribution in [0.2, 0.25) is 0 Å². The van der Waals surface area contributed by atoms with E-state index in [0.29, 0.717) is 22.6 Å². The first-order valence-corrected chi connectivity index (χ1v) is 12.0. The lowest BCUT2D eigenvalue weighted by Gasteiger charge is -2.07. The minimum Gasteiger partial charge on any atom is -0.322 e. The predicted octanol–water partition coefficient (Wildman–Crippen LogP) is 5.03. The van der Waals surface area contributed by atoms with E-state index in [2.05, 4.69) is 10.4 Å². The average molecular weight is 464 g/mol. The molecule has 1 amide bonds. The largest absolute Gasteiger partial charge is 0.322 e. The second kappa shape index (κ2) is 8.99. The SMILES string of the molecule is CCS(=O)(=O)c1ccc(NC(=O)c2cn(-c3ccc(F)cc3)nc2-c2ccc(C)cc2)cc1. The highest BCUT2D eigenvalue weighted by molar-refractivity contribution is 7.91. The van der Waals surface area contributed by atoms with Crippen molar-refractivity contribution in [1.82, 2.24) is 9.78 Å². The molecule has 0 aliphatic heterocycles. The molecule has 0 spiro atoms. The summed E-state index contributed by atoms with van der Waals surface area (Å²) in [5.74, 6) is -0.762. The fraction of sp³-hybridized carbons (Fsp3) is 0.120. The van der Waals surface area contributed by atoms with Crippen LogP contribution in [0.4, 0.5) is 10.1 Å². The highest BCUT2D eigenvalue weighted by Crippen LogP contribution is 2.26. The van der Waals surface area contributed by atoms with Gasteiger partial charge in [0.15, 0.2) is 9.84 Å². The number of hydrogen-bond donors (Lipinski definition) is 1. The summed E-state index contributed by atoms with van der Waals surface area (Å²) in [4.78, 5) is 13.4. The fourth-order valence-electron chi connectivity index (χ4n) is 3.30. The number of benzene rings is 3. The molecule has 0 aliphatic rings. The van der Waals surface area contributed by atoms with Gasteiger partial charge in [0.1, 0.15) is 11.5 Å². The summed E-state index contributed by atoms with van der Waals surface area (Å²) < 4.78 is 38.9. The lowest BCUT2D eigenvalue weighted by atomic mass is 10.1. The maximum Gasteiger partial charge on any atom is 0.259 e. The molecule has 0 fully saturated rings. The number of amides is 1. The lowest BCUT2D eigenvalue weighted by Crippen LogP contribution is -2.12. The number of anilines is 1. The van der Waals surface area contributed by atoms with E-state index in [0.717, 1.165) is 11.1 Å². The summed E-state index contributed by atoms with van der Waals surface area (Å²) >= 11 is 0. The molecule has 1 aromatic heterocycles. The first kappa shape index (κ1) is 22.4. The van der Waals surface area contributed by atoms with Crippen molar-refractivity contribution in [2.24, 2.45) is 0 Å². The second-order valence-electron chi connectivity index (χ2n) is 7.56. The third-order valence-corrected chi connectivity index (χ3v) is 6.98. The van der Waals surface area contributed by atoms with Crippen molar-refractivity contribution in [2.75, 3.05) is 11.1 Å². The Bertz CT molecular complexity index is 1390. The maximum absolute atomic E-state index is 13.4. The van der Waals surface area contributed by atoms with Gasteiger partial charge in [0.25, 0.3) is 5.91 Å². The summed E-state index contributed by atoms with van der Waals surface area (Å²) in [6.45, 7) is 3.55. The highest BCUT2D eigenvalue weighted by Gasteiger charge is 2.19. The molecule has 4 aromatic rings. The van der Waals surface area contributed by atoms with Crippen molar-refractivity contribution in [1.29, 1.82) is 0 Å². The van der Waals surface area contributed by atoms with E-state index in [1.165, 1.54) is 28.9 Å². The lowest BCUT2D eigenvalue weighted by molar-refractivity contribution is 0.102. The zero-order valence-electron chi connectivity index (χ0n) is 18.1. The second-order valence-corrected chi connectivity index (χ2v) is 9.84. The van der Waals surface area contributed by atoms with Crippen molar-refractivity contribution < 1.29 is 17.6 Å². The van der Waals surface area contributed by atoms with Crippen molar-refractivity contribution in [3.05, 3.63) is 95.9 Å². The number of nitrogens with one attached hydrogen (secondary N) is 1. The van der Waals surface area contributed by atoms with Gasteiger partial charge < -0.3 is 5.32 Å². The van der Waals surface area contributed by atoms with Crippen LogP contribution < -0.4 is 5.32 Å². The first-order chi connectivity index (χ1) is 15.8. The maximum atomic E-state index is 13.4. The Labute approximate surface area is 191 Å². The molecule has 1 heterocycles. The minimum atomic E-state index is -3.33. The van der Waals surface area contributed by atoms with Crippen LogP contribution in [0.5, 0.6) is 0 Å². The molecule has 0 unspecified atom stereocenters. The molecular formula is C25H22FN3O3S. The van der Waals surface area contributed by atoms with Gasteiger partial charge in [-0.3, -0.25) is 4.79 Å². The Morgan fingerprint density at radius 3 is 2.21 bits per heavy atom. The van der Waals surface area contributed by atoms with Crippen LogP contribution in [0.25, 0.3) is 16.9 Å². The summed E-state index contributed by atoms with van der Waals surface area (Å²) in [6.07, 6.45) is 1.59. The summed E-state index contributed by atoms with van der Waals surface area (Å²) in [5, 5.41) is 7.39. The van der Waals surface area contributed by atoms with Crippen LogP contribution in [0.15, 0.2) is 83.9 Å². The van der Waals surface area contributed by atoms with Crippen molar-refractivity contribution in [3.63, 3.8) is 0 Å². The van der Waals surface area contributed by atoms with Gasteiger partial charge in [-0.25, -0.2) is 17.5 Å². The molecule has 0 bridgehead atoms. The normalized spacial score (nSPS) is 11.4. The fourth-order valence-corrected chi connectivity index (χ4v) is 4.19.